The highest BCUT2D eigenvalue weighted by molar-refractivity contribution is 5.83. The first kappa shape index (κ1) is 17.7. The van der Waals surface area contributed by atoms with Crippen molar-refractivity contribution < 1.29 is 9.47 Å². The van der Waals surface area contributed by atoms with E-state index in [2.05, 4.69) is 45.5 Å². The van der Waals surface area contributed by atoms with Crippen molar-refractivity contribution in [3.05, 3.63) is 77.2 Å². The number of ether oxygens (including phenoxy) is 2. The summed E-state index contributed by atoms with van der Waals surface area (Å²) in [5.74, 6) is 1.52. The molecule has 0 aliphatic heterocycles. The number of aromatic amines is 2. The van der Waals surface area contributed by atoms with E-state index in [1.54, 1.807) is 14.2 Å². The number of aromatic nitrogens is 3. The van der Waals surface area contributed by atoms with Crippen LogP contribution in [-0.4, -0.2) is 29.4 Å². The van der Waals surface area contributed by atoms with Crippen molar-refractivity contribution in [1.82, 2.24) is 15.2 Å². The molecule has 5 heteroatoms. The molecule has 4 rings (SSSR count). The topological polar surface area (TPSA) is 62.9 Å². The highest BCUT2D eigenvalue weighted by Crippen LogP contribution is 2.26. The number of nitrogens with one attached hydrogen (secondary N) is 2. The van der Waals surface area contributed by atoms with Gasteiger partial charge in [-0.25, -0.2) is 0 Å². The van der Waals surface area contributed by atoms with Crippen LogP contribution < -0.4 is 9.47 Å². The van der Waals surface area contributed by atoms with E-state index in [0.29, 0.717) is 0 Å². The third-order valence-electron chi connectivity index (χ3n) is 4.53. The average Bonchev–Trinajstić information content (AvgIpc) is 3.39. The number of rotatable bonds is 6. The van der Waals surface area contributed by atoms with Gasteiger partial charge in [0.15, 0.2) is 0 Å². The van der Waals surface area contributed by atoms with Crippen LogP contribution in [0.2, 0.25) is 0 Å². The Balaban J connectivity index is 1.49. The lowest BCUT2D eigenvalue weighted by molar-refractivity contribution is 0.394. The lowest BCUT2D eigenvalue weighted by Crippen LogP contribution is -1.89. The number of nitrogens with zero attached hydrogens (tertiary/aromatic N) is 1. The fourth-order valence-electron chi connectivity index (χ4n) is 3.01. The van der Waals surface area contributed by atoms with Crippen LogP contribution in [0.25, 0.3) is 35.2 Å². The minimum absolute atomic E-state index is 0.756. The summed E-state index contributed by atoms with van der Waals surface area (Å²) < 4.78 is 10.6. The maximum Gasteiger partial charge on any atom is 0.129 e. The Morgan fingerprint density at radius 2 is 1.79 bits per heavy atom. The van der Waals surface area contributed by atoms with Gasteiger partial charge in [0.1, 0.15) is 11.5 Å². The minimum Gasteiger partial charge on any atom is -0.497 e. The molecular formula is C23H21N3O2. The maximum absolute atomic E-state index is 5.42. The summed E-state index contributed by atoms with van der Waals surface area (Å²) in [6.45, 7) is 0. The summed E-state index contributed by atoms with van der Waals surface area (Å²) in [7, 11) is 3.29. The zero-order valence-electron chi connectivity index (χ0n) is 15.8. The molecule has 0 unspecified atom stereocenters. The minimum atomic E-state index is 0.756. The molecular weight excluding hydrogens is 350 g/mol. The molecule has 2 aromatic heterocycles. The Morgan fingerprint density at radius 3 is 2.64 bits per heavy atom. The summed E-state index contributed by atoms with van der Waals surface area (Å²) >= 11 is 0. The molecule has 2 N–H and O–H groups in total. The second-order valence-electron chi connectivity index (χ2n) is 6.35. The van der Waals surface area contributed by atoms with E-state index in [1.165, 1.54) is 5.39 Å². The summed E-state index contributed by atoms with van der Waals surface area (Å²) in [5.41, 5.74) is 5.00. The molecule has 0 saturated heterocycles. The second-order valence-corrected chi connectivity index (χ2v) is 6.35. The normalized spacial score (nSPS) is 11.6. The van der Waals surface area contributed by atoms with Gasteiger partial charge in [-0.05, 0) is 59.5 Å². The molecule has 4 aromatic rings. The Hall–Kier alpha value is -3.73. The Labute approximate surface area is 163 Å². The standard InChI is InChI=1S/C23H21N3O2/c1-27-21-10-7-18(23(15-21)28-2)6-9-20-14-19(25-26-20)8-4-16-3-5-17-11-12-24-22(17)13-16/h3-15,24H,1-2H3,(H,25,26). The van der Waals surface area contributed by atoms with Gasteiger partial charge < -0.3 is 14.5 Å². The molecule has 0 atom stereocenters. The quantitative estimate of drug-likeness (QED) is 0.487. The van der Waals surface area contributed by atoms with Crippen LogP contribution >= 0.6 is 0 Å². The van der Waals surface area contributed by atoms with Crippen LogP contribution in [0.3, 0.4) is 0 Å². The largest absolute Gasteiger partial charge is 0.497 e. The molecule has 2 heterocycles. The first-order valence-corrected chi connectivity index (χ1v) is 8.96. The van der Waals surface area contributed by atoms with E-state index in [0.717, 1.165) is 39.5 Å². The van der Waals surface area contributed by atoms with E-state index < -0.39 is 0 Å². The van der Waals surface area contributed by atoms with Gasteiger partial charge in [-0.1, -0.05) is 18.2 Å². The van der Waals surface area contributed by atoms with Gasteiger partial charge in [0.25, 0.3) is 0 Å². The third kappa shape index (κ3) is 3.83. The summed E-state index contributed by atoms with van der Waals surface area (Å²) in [6.07, 6.45) is 9.95. The molecule has 0 bridgehead atoms. The molecule has 0 radical (unpaired) electrons. The van der Waals surface area contributed by atoms with E-state index in [1.807, 2.05) is 48.7 Å². The van der Waals surface area contributed by atoms with Crippen molar-refractivity contribution in [2.75, 3.05) is 14.2 Å². The molecule has 0 amide bonds. The van der Waals surface area contributed by atoms with E-state index >= 15 is 0 Å². The van der Waals surface area contributed by atoms with E-state index in [-0.39, 0.29) is 0 Å². The van der Waals surface area contributed by atoms with Crippen LogP contribution in [0.15, 0.2) is 54.7 Å². The lowest BCUT2D eigenvalue weighted by Gasteiger charge is -2.06. The Morgan fingerprint density at radius 1 is 0.857 bits per heavy atom. The van der Waals surface area contributed by atoms with Gasteiger partial charge in [0.05, 0.1) is 25.6 Å². The number of fused-ring (bicyclic) bond motifs is 1. The van der Waals surface area contributed by atoms with E-state index in [9.17, 15) is 0 Å². The van der Waals surface area contributed by atoms with Crippen LogP contribution in [0.4, 0.5) is 0 Å². The number of methoxy groups -OCH3 is 2. The van der Waals surface area contributed by atoms with Gasteiger partial charge >= 0.3 is 0 Å². The molecule has 0 aliphatic rings. The van der Waals surface area contributed by atoms with Crippen molar-refractivity contribution in [3.63, 3.8) is 0 Å². The van der Waals surface area contributed by atoms with Crippen molar-refractivity contribution >= 4 is 35.2 Å². The second kappa shape index (κ2) is 7.88. The molecule has 5 nitrogen and oxygen atoms in total. The maximum atomic E-state index is 5.42. The van der Waals surface area contributed by atoms with Crippen LogP contribution in [0.1, 0.15) is 22.5 Å². The third-order valence-corrected chi connectivity index (χ3v) is 4.53. The first-order chi connectivity index (χ1) is 13.7. The number of benzene rings is 2. The lowest BCUT2D eigenvalue weighted by atomic mass is 10.1. The van der Waals surface area contributed by atoms with Gasteiger partial charge in [-0.3, -0.25) is 5.10 Å². The zero-order chi connectivity index (χ0) is 19.3. The van der Waals surface area contributed by atoms with Crippen LogP contribution in [0, 0.1) is 0 Å². The van der Waals surface area contributed by atoms with Crippen molar-refractivity contribution in [3.8, 4) is 11.5 Å². The molecule has 2 aromatic carbocycles. The number of H-pyrrole nitrogens is 2. The molecule has 0 saturated carbocycles. The Kier molecular flexibility index (Phi) is 4.97. The molecule has 28 heavy (non-hydrogen) atoms. The van der Waals surface area contributed by atoms with Crippen molar-refractivity contribution in [2.45, 2.75) is 0 Å². The number of hydrogen-bond donors (Lipinski definition) is 2. The summed E-state index contributed by atoms with van der Waals surface area (Å²) in [5, 5.41) is 8.59. The Bertz CT molecular complexity index is 1150. The van der Waals surface area contributed by atoms with Gasteiger partial charge in [-0.2, -0.15) is 5.10 Å². The SMILES string of the molecule is COc1ccc(C=Cc2cc(C=Cc3ccc4cc[nH]c4c3)[nH]n2)c(OC)c1. The van der Waals surface area contributed by atoms with Gasteiger partial charge in [0, 0.05) is 23.3 Å². The summed E-state index contributed by atoms with van der Waals surface area (Å²) in [4.78, 5) is 3.23. The predicted molar refractivity (Wildman–Crippen MR) is 114 cm³/mol. The first-order valence-electron chi connectivity index (χ1n) is 8.96. The molecule has 0 spiro atoms. The highest BCUT2D eigenvalue weighted by Gasteiger charge is 2.03. The fraction of sp³-hybridized carbons (Fsp3) is 0.0870. The predicted octanol–water partition coefficient (Wildman–Crippen LogP) is 5.25. The molecule has 140 valence electrons. The average molecular weight is 371 g/mol. The molecule has 0 fully saturated rings. The van der Waals surface area contributed by atoms with Gasteiger partial charge in [0.2, 0.25) is 0 Å². The monoisotopic (exact) mass is 371 g/mol. The zero-order valence-corrected chi connectivity index (χ0v) is 15.8. The van der Waals surface area contributed by atoms with Crippen molar-refractivity contribution in [2.24, 2.45) is 0 Å². The van der Waals surface area contributed by atoms with Crippen LogP contribution in [0.5, 0.6) is 11.5 Å². The van der Waals surface area contributed by atoms with Crippen molar-refractivity contribution in [1.29, 1.82) is 0 Å². The summed E-state index contributed by atoms with van der Waals surface area (Å²) in [6, 6.07) is 16.1. The van der Waals surface area contributed by atoms with Crippen LogP contribution in [-0.2, 0) is 0 Å². The highest BCUT2D eigenvalue weighted by atomic mass is 16.5. The smallest absolute Gasteiger partial charge is 0.129 e. The number of hydrogen-bond acceptors (Lipinski definition) is 3. The molecule has 0 aliphatic carbocycles. The van der Waals surface area contributed by atoms with Gasteiger partial charge in [-0.15, -0.1) is 0 Å². The fourth-order valence-corrected chi connectivity index (χ4v) is 3.01. The van der Waals surface area contributed by atoms with E-state index in [4.69, 9.17) is 9.47 Å².